The topological polar surface area (TPSA) is 26.3 Å². The summed E-state index contributed by atoms with van der Waals surface area (Å²) in [6.45, 7) is 0.628. The van der Waals surface area contributed by atoms with E-state index >= 15 is 0 Å². The molecular formula is C9H7BrO2S. The third-order valence-corrected chi connectivity index (χ3v) is 3.48. The van der Waals surface area contributed by atoms with Crippen LogP contribution in [0.1, 0.15) is 16.8 Å². The molecule has 2 nitrogen and oxygen atoms in total. The fourth-order valence-corrected chi connectivity index (χ4v) is 2.41. The summed E-state index contributed by atoms with van der Waals surface area (Å²) in [5.74, 6) is 0.463. The van der Waals surface area contributed by atoms with Crippen LogP contribution in [0.4, 0.5) is 0 Å². The van der Waals surface area contributed by atoms with Gasteiger partial charge in [0.1, 0.15) is 0 Å². The highest BCUT2D eigenvalue weighted by Crippen LogP contribution is 2.27. The van der Waals surface area contributed by atoms with Crippen molar-refractivity contribution in [3.63, 3.8) is 0 Å². The van der Waals surface area contributed by atoms with Crippen LogP contribution in [0.5, 0.6) is 0 Å². The minimum atomic E-state index is -0.0226. The minimum absolute atomic E-state index is 0.0226. The van der Waals surface area contributed by atoms with Crippen molar-refractivity contribution in [3.8, 4) is 0 Å². The lowest BCUT2D eigenvalue weighted by Gasteiger charge is -2.00. The summed E-state index contributed by atoms with van der Waals surface area (Å²) in [6.07, 6.45) is 2.68. The van der Waals surface area contributed by atoms with Gasteiger partial charge < -0.3 is 4.74 Å². The normalized spacial score (nSPS) is 15.3. The predicted molar refractivity (Wildman–Crippen MR) is 55.0 cm³/mol. The van der Waals surface area contributed by atoms with Crippen LogP contribution in [-0.2, 0) is 4.74 Å². The molecule has 0 radical (unpaired) electrons. The molecule has 0 aliphatic carbocycles. The summed E-state index contributed by atoms with van der Waals surface area (Å²) < 4.78 is 6.06. The van der Waals surface area contributed by atoms with E-state index < -0.39 is 0 Å². The van der Waals surface area contributed by atoms with Crippen molar-refractivity contribution in [1.82, 2.24) is 0 Å². The van der Waals surface area contributed by atoms with Gasteiger partial charge in [-0.3, -0.25) is 4.79 Å². The highest BCUT2D eigenvalue weighted by atomic mass is 79.9. The average Bonchev–Trinajstić information content (AvgIpc) is 2.72. The van der Waals surface area contributed by atoms with Gasteiger partial charge in [0.05, 0.1) is 16.0 Å². The van der Waals surface area contributed by atoms with Gasteiger partial charge in [0.25, 0.3) is 0 Å². The number of hydrogen-bond acceptors (Lipinski definition) is 3. The Bertz CT molecular complexity index is 367. The van der Waals surface area contributed by atoms with E-state index in [1.165, 1.54) is 11.3 Å². The zero-order valence-electron chi connectivity index (χ0n) is 6.75. The van der Waals surface area contributed by atoms with Gasteiger partial charge in [0.15, 0.2) is 5.76 Å². The second-order valence-electron chi connectivity index (χ2n) is 2.64. The molecule has 0 spiro atoms. The minimum Gasteiger partial charge on any atom is -0.489 e. The molecule has 0 N–H and O–H groups in total. The van der Waals surface area contributed by atoms with Crippen LogP contribution >= 0.6 is 27.3 Å². The Morgan fingerprint density at radius 1 is 1.62 bits per heavy atom. The lowest BCUT2D eigenvalue weighted by Crippen LogP contribution is -2.02. The first-order valence-electron chi connectivity index (χ1n) is 3.89. The van der Waals surface area contributed by atoms with Crippen LogP contribution in [0.25, 0.3) is 0 Å². The highest BCUT2D eigenvalue weighted by molar-refractivity contribution is 9.11. The van der Waals surface area contributed by atoms with E-state index in [0.29, 0.717) is 17.9 Å². The van der Waals surface area contributed by atoms with Crippen LogP contribution in [0.2, 0.25) is 0 Å². The molecule has 1 aromatic rings. The summed E-state index contributed by atoms with van der Waals surface area (Å²) in [6, 6.07) is 1.81. The zero-order valence-corrected chi connectivity index (χ0v) is 9.15. The second-order valence-corrected chi connectivity index (χ2v) is 4.88. The van der Waals surface area contributed by atoms with E-state index in [4.69, 9.17) is 4.74 Å². The Hall–Kier alpha value is -0.610. The number of halogens is 1. The molecule has 13 heavy (non-hydrogen) atoms. The van der Waals surface area contributed by atoms with Crippen LogP contribution < -0.4 is 0 Å². The van der Waals surface area contributed by atoms with Crippen LogP contribution in [0, 0.1) is 0 Å². The number of ether oxygens (including phenoxy) is 1. The van der Waals surface area contributed by atoms with Gasteiger partial charge in [-0.25, -0.2) is 0 Å². The second kappa shape index (κ2) is 3.64. The largest absolute Gasteiger partial charge is 0.489 e. The molecule has 68 valence electrons. The monoisotopic (exact) mass is 258 g/mol. The van der Waals surface area contributed by atoms with E-state index in [-0.39, 0.29) is 5.78 Å². The summed E-state index contributed by atoms with van der Waals surface area (Å²) >= 11 is 4.83. The standard InChI is InChI=1S/C9H7BrO2S/c10-9-6(3-5-13-9)8(11)7-2-1-4-12-7/h2-3,5H,1,4H2. The highest BCUT2D eigenvalue weighted by Gasteiger charge is 2.19. The number of ketones is 1. The summed E-state index contributed by atoms with van der Waals surface area (Å²) in [7, 11) is 0. The molecule has 1 aromatic heterocycles. The molecule has 1 aliphatic heterocycles. The number of carbonyl (C=O) groups is 1. The van der Waals surface area contributed by atoms with Crippen molar-refractivity contribution < 1.29 is 9.53 Å². The molecule has 2 heterocycles. The molecule has 0 aromatic carbocycles. The quantitative estimate of drug-likeness (QED) is 0.763. The van der Waals surface area contributed by atoms with Gasteiger partial charge in [0, 0.05) is 6.42 Å². The van der Waals surface area contributed by atoms with Crippen LogP contribution in [0.3, 0.4) is 0 Å². The van der Waals surface area contributed by atoms with E-state index in [2.05, 4.69) is 15.9 Å². The molecule has 4 heteroatoms. The molecule has 0 unspecified atom stereocenters. The number of allylic oxidation sites excluding steroid dienone is 1. The predicted octanol–water partition coefficient (Wildman–Crippen LogP) is 3.00. The number of hydrogen-bond donors (Lipinski definition) is 0. The average molecular weight is 259 g/mol. The SMILES string of the molecule is O=C(C1=CCCO1)c1ccsc1Br. The Kier molecular flexibility index (Phi) is 2.51. The van der Waals surface area contributed by atoms with Gasteiger partial charge >= 0.3 is 0 Å². The van der Waals surface area contributed by atoms with Gasteiger partial charge in [-0.15, -0.1) is 11.3 Å². The molecule has 0 atom stereocenters. The molecule has 0 bridgehead atoms. The van der Waals surface area contributed by atoms with Gasteiger partial charge in [-0.05, 0) is 33.5 Å². The molecule has 1 aliphatic rings. The molecule has 0 fully saturated rings. The smallest absolute Gasteiger partial charge is 0.229 e. The van der Waals surface area contributed by atoms with Gasteiger partial charge in [-0.2, -0.15) is 0 Å². The van der Waals surface area contributed by atoms with E-state index in [0.717, 1.165) is 10.2 Å². The lowest BCUT2D eigenvalue weighted by atomic mass is 10.2. The maximum atomic E-state index is 11.7. The Morgan fingerprint density at radius 3 is 3.00 bits per heavy atom. The third-order valence-electron chi connectivity index (χ3n) is 1.79. The fourth-order valence-electron chi connectivity index (χ4n) is 1.16. The Balaban J connectivity index is 2.27. The summed E-state index contributed by atoms with van der Waals surface area (Å²) in [5.41, 5.74) is 0.693. The van der Waals surface area contributed by atoms with Crippen molar-refractivity contribution >= 4 is 33.0 Å². The fraction of sp³-hybridized carbons (Fsp3) is 0.222. The summed E-state index contributed by atoms with van der Waals surface area (Å²) in [4.78, 5) is 11.7. The molecule has 0 saturated carbocycles. The first-order chi connectivity index (χ1) is 6.29. The van der Waals surface area contributed by atoms with Crippen molar-refractivity contribution in [3.05, 3.63) is 32.6 Å². The van der Waals surface area contributed by atoms with Gasteiger partial charge in [-0.1, -0.05) is 0 Å². The molecule has 0 saturated heterocycles. The zero-order chi connectivity index (χ0) is 9.26. The van der Waals surface area contributed by atoms with Crippen molar-refractivity contribution in [2.45, 2.75) is 6.42 Å². The Morgan fingerprint density at radius 2 is 2.46 bits per heavy atom. The molecular weight excluding hydrogens is 252 g/mol. The van der Waals surface area contributed by atoms with Crippen molar-refractivity contribution in [2.75, 3.05) is 6.61 Å². The number of rotatable bonds is 2. The third kappa shape index (κ3) is 1.69. The lowest BCUT2D eigenvalue weighted by molar-refractivity contribution is 0.0942. The molecule has 0 amide bonds. The van der Waals surface area contributed by atoms with E-state index in [9.17, 15) is 4.79 Å². The van der Waals surface area contributed by atoms with Crippen molar-refractivity contribution in [1.29, 1.82) is 0 Å². The van der Waals surface area contributed by atoms with E-state index in [1.54, 1.807) is 6.07 Å². The van der Waals surface area contributed by atoms with Crippen LogP contribution in [-0.4, -0.2) is 12.4 Å². The van der Waals surface area contributed by atoms with Gasteiger partial charge in [0.2, 0.25) is 5.78 Å². The first-order valence-corrected chi connectivity index (χ1v) is 5.57. The number of Topliss-reactive ketones (excluding diaryl/α,β-unsaturated/α-hetero) is 1. The number of thiophene rings is 1. The first kappa shape index (κ1) is 8.97. The van der Waals surface area contributed by atoms with Crippen molar-refractivity contribution in [2.24, 2.45) is 0 Å². The summed E-state index contributed by atoms with van der Waals surface area (Å²) in [5, 5.41) is 1.88. The Labute approximate surface area is 88.3 Å². The number of carbonyl (C=O) groups excluding carboxylic acids is 1. The van der Waals surface area contributed by atoms with E-state index in [1.807, 2.05) is 11.5 Å². The maximum absolute atomic E-state index is 11.7. The van der Waals surface area contributed by atoms with Crippen LogP contribution in [0.15, 0.2) is 27.1 Å². The maximum Gasteiger partial charge on any atom is 0.229 e. The molecule has 2 rings (SSSR count).